The lowest BCUT2D eigenvalue weighted by atomic mass is 10.0. The molecular weight excluding hydrogens is 285 g/mol. The number of aromatic nitrogens is 2. The summed E-state index contributed by atoms with van der Waals surface area (Å²) < 4.78 is 17.7. The van der Waals surface area contributed by atoms with E-state index in [1.807, 2.05) is 5.38 Å². The lowest BCUT2D eigenvalue weighted by molar-refractivity contribution is 0.503. The second kappa shape index (κ2) is 6.93. The Morgan fingerprint density at radius 1 is 1.47 bits per heavy atom. The van der Waals surface area contributed by atoms with Crippen molar-refractivity contribution in [1.82, 2.24) is 14.9 Å². The molecule has 2 rings (SSSR count). The van der Waals surface area contributed by atoms with Crippen molar-refractivity contribution in [2.45, 2.75) is 25.8 Å². The Morgan fingerprint density at radius 3 is 2.95 bits per heavy atom. The average molecular weight is 300 g/mol. The van der Waals surface area contributed by atoms with Gasteiger partial charge in [-0.15, -0.1) is 5.10 Å². The molecule has 102 valence electrons. The summed E-state index contributed by atoms with van der Waals surface area (Å²) in [7, 11) is 0. The van der Waals surface area contributed by atoms with Crippen LogP contribution in [0.5, 0.6) is 0 Å². The van der Waals surface area contributed by atoms with Gasteiger partial charge in [0.25, 0.3) is 0 Å². The molecule has 1 N–H and O–H groups in total. The second-order valence-electron chi connectivity index (χ2n) is 4.24. The third-order valence-corrected chi connectivity index (χ3v) is 3.72. The summed E-state index contributed by atoms with van der Waals surface area (Å²) in [6.45, 7) is 2.92. The van der Waals surface area contributed by atoms with Crippen LogP contribution < -0.4 is 5.32 Å². The average Bonchev–Trinajstić information content (AvgIpc) is 2.91. The lowest BCUT2D eigenvalue weighted by Crippen LogP contribution is -2.25. The molecule has 0 radical (unpaired) electrons. The topological polar surface area (TPSA) is 37.8 Å². The third kappa shape index (κ3) is 3.72. The van der Waals surface area contributed by atoms with E-state index in [1.54, 1.807) is 12.1 Å². The van der Waals surface area contributed by atoms with Crippen molar-refractivity contribution in [3.05, 3.63) is 45.7 Å². The number of nitrogens with zero attached hydrogens (tertiary/aromatic N) is 2. The van der Waals surface area contributed by atoms with Gasteiger partial charge < -0.3 is 5.32 Å². The summed E-state index contributed by atoms with van der Waals surface area (Å²) in [6, 6.07) is 4.68. The Morgan fingerprint density at radius 2 is 2.32 bits per heavy atom. The Hall–Kier alpha value is -1.04. The van der Waals surface area contributed by atoms with Crippen molar-refractivity contribution in [3.8, 4) is 0 Å². The quantitative estimate of drug-likeness (QED) is 0.885. The van der Waals surface area contributed by atoms with Crippen molar-refractivity contribution in [2.24, 2.45) is 0 Å². The molecule has 1 aromatic carbocycles. The van der Waals surface area contributed by atoms with Crippen molar-refractivity contribution >= 4 is 23.1 Å². The molecule has 19 heavy (non-hydrogen) atoms. The zero-order valence-electron chi connectivity index (χ0n) is 10.6. The number of nitrogens with one attached hydrogen (secondary N) is 1. The summed E-state index contributed by atoms with van der Waals surface area (Å²) in [5.41, 5.74) is 1.35. The first kappa shape index (κ1) is 14.4. The Labute approximate surface area is 121 Å². The van der Waals surface area contributed by atoms with Crippen LogP contribution in [-0.2, 0) is 6.42 Å². The van der Waals surface area contributed by atoms with Crippen molar-refractivity contribution < 1.29 is 4.39 Å². The van der Waals surface area contributed by atoms with Gasteiger partial charge in [-0.2, -0.15) is 0 Å². The van der Waals surface area contributed by atoms with Crippen LogP contribution in [0, 0.1) is 5.82 Å². The zero-order valence-corrected chi connectivity index (χ0v) is 12.1. The van der Waals surface area contributed by atoms with Crippen LogP contribution in [0.1, 0.15) is 30.6 Å². The van der Waals surface area contributed by atoms with Crippen LogP contribution in [-0.4, -0.2) is 16.1 Å². The Bertz CT molecular complexity index is 498. The van der Waals surface area contributed by atoms with Gasteiger partial charge in [0.05, 0.1) is 11.7 Å². The maximum absolute atomic E-state index is 13.8. The molecule has 0 aliphatic heterocycles. The minimum Gasteiger partial charge on any atom is -0.308 e. The first-order chi connectivity index (χ1) is 9.22. The minimum absolute atomic E-state index is 0.0619. The number of rotatable bonds is 6. The van der Waals surface area contributed by atoms with Gasteiger partial charge in [-0.1, -0.05) is 29.1 Å². The van der Waals surface area contributed by atoms with Crippen molar-refractivity contribution in [1.29, 1.82) is 0 Å². The smallest absolute Gasteiger partial charge is 0.127 e. The molecule has 1 unspecified atom stereocenters. The second-order valence-corrected chi connectivity index (χ2v) is 5.26. The largest absolute Gasteiger partial charge is 0.308 e. The maximum atomic E-state index is 13.8. The predicted molar refractivity (Wildman–Crippen MR) is 76.1 cm³/mol. The molecule has 6 heteroatoms. The Balaban J connectivity index is 2.20. The fraction of sp³-hybridized carbons (Fsp3) is 0.385. The van der Waals surface area contributed by atoms with Gasteiger partial charge in [0.2, 0.25) is 0 Å². The van der Waals surface area contributed by atoms with Crippen LogP contribution >= 0.6 is 23.1 Å². The van der Waals surface area contributed by atoms with E-state index in [2.05, 4.69) is 21.8 Å². The molecule has 0 fully saturated rings. The molecule has 1 heterocycles. The highest BCUT2D eigenvalue weighted by atomic mass is 35.5. The number of hydrogen-bond donors (Lipinski definition) is 1. The zero-order chi connectivity index (χ0) is 13.7. The normalized spacial score (nSPS) is 12.6. The van der Waals surface area contributed by atoms with Gasteiger partial charge in [-0.05, 0) is 43.1 Å². The van der Waals surface area contributed by atoms with Gasteiger partial charge in [-0.3, -0.25) is 0 Å². The molecule has 0 aliphatic rings. The third-order valence-electron chi connectivity index (χ3n) is 2.84. The number of hydrogen-bond acceptors (Lipinski definition) is 4. The fourth-order valence-electron chi connectivity index (χ4n) is 1.86. The van der Waals surface area contributed by atoms with Gasteiger partial charge in [-0.25, -0.2) is 4.39 Å². The summed E-state index contributed by atoms with van der Waals surface area (Å²) >= 11 is 7.36. The van der Waals surface area contributed by atoms with Crippen LogP contribution in [0.3, 0.4) is 0 Å². The Kier molecular flexibility index (Phi) is 5.24. The molecule has 0 saturated carbocycles. The SMILES string of the molecule is CCCNC(Cc1c(F)cccc1Cl)c1csnn1. The van der Waals surface area contributed by atoms with Crippen LogP contribution in [0.25, 0.3) is 0 Å². The first-order valence-electron chi connectivity index (χ1n) is 6.15. The molecule has 0 bridgehead atoms. The lowest BCUT2D eigenvalue weighted by Gasteiger charge is -2.17. The van der Waals surface area contributed by atoms with Crippen molar-refractivity contribution in [3.63, 3.8) is 0 Å². The summed E-state index contributed by atoms with van der Waals surface area (Å²) in [5, 5.41) is 9.75. The van der Waals surface area contributed by atoms with Gasteiger partial charge in [0.15, 0.2) is 0 Å². The van der Waals surface area contributed by atoms with Gasteiger partial charge in [0.1, 0.15) is 5.82 Å². The van der Waals surface area contributed by atoms with E-state index in [0.29, 0.717) is 17.0 Å². The standard InChI is InChI=1S/C13H15ClFN3S/c1-2-6-16-12(13-8-19-18-17-13)7-9-10(14)4-3-5-11(9)15/h3-5,8,12,16H,2,6-7H2,1H3. The van der Waals surface area contributed by atoms with E-state index >= 15 is 0 Å². The van der Waals surface area contributed by atoms with Gasteiger partial charge in [0, 0.05) is 16.0 Å². The molecule has 0 amide bonds. The highest BCUT2D eigenvalue weighted by Gasteiger charge is 2.18. The van der Waals surface area contributed by atoms with Crippen LogP contribution in [0.4, 0.5) is 4.39 Å². The van der Waals surface area contributed by atoms with E-state index in [4.69, 9.17) is 11.6 Å². The maximum Gasteiger partial charge on any atom is 0.127 e. The highest BCUT2D eigenvalue weighted by Crippen LogP contribution is 2.25. The summed E-state index contributed by atoms with van der Waals surface area (Å²) in [6.07, 6.45) is 1.47. The van der Waals surface area contributed by atoms with Crippen molar-refractivity contribution in [2.75, 3.05) is 6.54 Å². The fourth-order valence-corrected chi connectivity index (χ4v) is 2.60. The molecule has 0 aliphatic carbocycles. The summed E-state index contributed by atoms with van der Waals surface area (Å²) in [5.74, 6) is -0.279. The highest BCUT2D eigenvalue weighted by molar-refractivity contribution is 7.03. The molecular formula is C13H15ClFN3S. The molecule has 2 aromatic rings. The van der Waals surface area contributed by atoms with Gasteiger partial charge >= 0.3 is 0 Å². The molecule has 0 spiro atoms. The predicted octanol–water partition coefficient (Wildman–Crippen LogP) is 3.61. The number of benzene rings is 1. The monoisotopic (exact) mass is 299 g/mol. The molecule has 1 atom stereocenters. The molecule has 3 nitrogen and oxygen atoms in total. The first-order valence-corrected chi connectivity index (χ1v) is 7.37. The molecule has 0 saturated heterocycles. The van der Waals surface area contributed by atoms with Crippen LogP contribution in [0.15, 0.2) is 23.6 Å². The van der Waals surface area contributed by atoms with E-state index in [0.717, 1.165) is 18.7 Å². The minimum atomic E-state index is -0.279. The molecule has 1 aromatic heterocycles. The van der Waals surface area contributed by atoms with E-state index in [1.165, 1.54) is 17.6 Å². The van der Waals surface area contributed by atoms with Crippen LogP contribution in [0.2, 0.25) is 5.02 Å². The van der Waals surface area contributed by atoms with E-state index in [9.17, 15) is 4.39 Å². The number of halogens is 2. The summed E-state index contributed by atoms with van der Waals surface area (Å²) in [4.78, 5) is 0. The van der Waals surface area contributed by atoms with E-state index < -0.39 is 0 Å². The van der Waals surface area contributed by atoms with E-state index in [-0.39, 0.29) is 11.9 Å².